The van der Waals surface area contributed by atoms with Crippen molar-refractivity contribution in [1.82, 2.24) is 5.32 Å². The molecule has 160 valence electrons. The van der Waals surface area contributed by atoms with Gasteiger partial charge in [-0.15, -0.1) is 0 Å². The highest BCUT2D eigenvalue weighted by Gasteiger charge is 2.22. The first-order valence-corrected chi connectivity index (χ1v) is 11.0. The lowest BCUT2D eigenvalue weighted by Crippen LogP contribution is -2.23. The SMILES string of the molecule is CC(=O)NC1=NC(=O)/C(=C/c2ccc(OCC(=O)Nc3ccc(C)c(Cl)c3)c(Br)c2)S1. The second kappa shape index (κ2) is 10.1. The summed E-state index contributed by atoms with van der Waals surface area (Å²) in [5.41, 5.74) is 2.24. The lowest BCUT2D eigenvalue weighted by molar-refractivity contribution is -0.118. The van der Waals surface area contributed by atoms with E-state index in [1.807, 2.05) is 13.0 Å². The largest absolute Gasteiger partial charge is 0.483 e. The van der Waals surface area contributed by atoms with Crippen molar-refractivity contribution in [2.24, 2.45) is 4.99 Å². The van der Waals surface area contributed by atoms with Crippen molar-refractivity contribution >= 4 is 73.9 Å². The molecule has 31 heavy (non-hydrogen) atoms. The van der Waals surface area contributed by atoms with Crippen molar-refractivity contribution < 1.29 is 19.1 Å². The Balaban J connectivity index is 1.59. The topological polar surface area (TPSA) is 96.9 Å². The Morgan fingerprint density at radius 2 is 2.00 bits per heavy atom. The zero-order valence-electron chi connectivity index (χ0n) is 16.5. The molecule has 0 saturated carbocycles. The molecule has 2 N–H and O–H groups in total. The normalized spacial score (nSPS) is 14.4. The summed E-state index contributed by atoms with van der Waals surface area (Å²) >= 11 is 10.6. The van der Waals surface area contributed by atoms with Crippen LogP contribution in [0.4, 0.5) is 5.69 Å². The number of halogens is 2. The predicted molar refractivity (Wildman–Crippen MR) is 126 cm³/mol. The number of ether oxygens (including phenoxy) is 1. The Morgan fingerprint density at radius 3 is 2.68 bits per heavy atom. The Hall–Kier alpha value is -2.62. The van der Waals surface area contributed by atoms with Crippen molar-refractivity contribution in [2.45, 2.75) is 13.8 Å². The monoisotopic (exact) mass is 521 g/mol. The molecule has 0 spiro atoms. The van der Waals surface area contributed by atoms with Gasteiger partial charge in [0, 0.05) is 17.6 Å². The highest BCUT2D eigenvalue weighted by Crippen LogP contribution is 2.31. The van der Waals surface area contributed by atoms with E-state index in [1.54, 1.807) is 36.4 Å². The number of rotatable bonds is 5. The summed E-state index contributed by atoms with van der Waals surface area (Å²) in [5.74, 6) is -0.564. The molecule has 2 aromatic rings. The van der Waals surface area contributed by atoms with Crippen molar-refractivity contribution in [3.63, 3.8) is 0 Å². The van der Waals surface area contributed by atoms with E-state index in [0.717, 1.165) is 22.9 Å². The Bertz CT molecular complexity index is 1130. The molecule has 3 amide bonds. The molecule has 10 heteroatoms. The van der Waals surface area contributed by atoms with Crippen LogP contribution in [0.15, 0.2) is 50.8 Å². The van der Waals surface area contributed by atoms with Gasteiger partial charge >= 0.3 is 0 Å². The van der Waals surface area contributed by atoms with Crippen molar-refractivity contribution in [3.8, 4) is 5.75 Å². The summed E-state index contributed by atoms with van der Waals surface area (Å²) in [7, 11) is 0. The molecule has 7 nitrogen and oxygen atoms in total. The molecule has 0 bridgehead atoms. The van der Waals surface area contributed by atoms with Crippen LogP contribution in [0.5, 0.6) is 5.75 Å². The molecule has 1 aliphatic rings. The maximum Gasteiger partial charge on any atom is 0.286 e. The highest BCUT2D eigenvalue weighted by atomic mass is 79.9. The van der Waals surface area contributed by atoms with Crippen LogP contribution < -0.4 is 15.4 Å². The number of thioether (sulfide) groups is 1. The van der Waals surface area contributed by atoms with E-state index in [2.05, 4.69) is 31.6 Å². The smallest absolute Gasteiger partial charge is 0.286 e. The molecular formula is C21H17BrClN3O4S. The first kappa shape index (κ1) is 23.1. The van der Waals surface area contributed by atoms with Crippen molar-refractivity contribution in [2.75, 3.05) is 11.9 Å². The van der Waals surface area contributed by atoms with Gasteiger partial charge in [0.15, 0.2) is 11.8 Å². The minimum Gasteiger partial charge on any atom is -0.483 e. The molecule has 0 aliphatic carbocycles. The molecule has 2 aromatic carbocycles. The maximum atomic E-state index is 12.1. The number of anilines is 1. The quantitative estimate of drug-likeness (QED) is 0.562. The summed E-state index contributed by atoms with van der Waals surface area (Å²) < 4.78 is 6.19. The number of carbonyl (C=O) groups is 3. The summed E-state index contributed by atoms with van der Waals surface area (Å²) in [4.78, 5) is 39.4. The van der Waals surface area contributed by atoms with Gasteiger partial charge in [-0.2, -0.15) is 4.99 Å². The molecule has 0 unspecified atom stereocenters. The molecule has 1 heterocycles. The molecule has 0 atom stereocenters. The van der Waals surface area contributed by atoms with Gasteiger partial charge in [0.2, 0.25) is 5.91 Å². The van der Waals surface area contributed by atoms with E-state index in [0.29, 0.717) is 25.8 Å². The van der Waals surface area contributed by atoms with Crippen LogP contribution in [0, 0.1) is 6.92 Å². The van der Waals surface area contributed by atoms with E-state index in [4.69, 9.17) is 16.3 Å². The van der Waals surface area contributed by atoms with Crippen molar-refractivity contribution in [3.05, 3.63) is 61.9 Å². The van der Waals surface area contributed by atoms with Crippen LogP contribution in [-0.4, -0.2) is 29.5 Å². The summed E-state index contributed by atoms with van der Waals surface area (Å²) in [5, 5.41) is 6.04. The van der Waals surface area contributed by atoms with E-state index >= 15 is 0 Å². The van der Waals surface area contributed by atoms with Crippen LogP contribution in [0.1, 0.15) is 18.1 Å². The standard InChI is InChI=1S/C21H17BrClN3O4S/c1-11-3-5-14(9-16(11)23)25-19(28)10-30-17-6-4-13(7-15(17)22)8-18-20(29)26-21(31-18)24-12(2)27/h3-9H,10H2,1-2H3,(H,25,28)(H,24,26,27,29)/b18-8-. The number of hydrogen-bond acceptors (Lipinski definition) is 5. The summed E-state index contributed by atoms with van der Waals surface area (Å²) in [6.45, 7) is 3.04. The molecule has 0 radical (unpaired) electrons. The maximum absolute atomic E-state index is 12.1. The third-order valence-corrected chi connectivity index (χ3v) is 5.90. The van der Waals surface area contributed by atoms with E-state index in [-0.39, 0.29) is 23.6 Å². The van der Waals surface area contributed by atoms with Gasteiger partial charge in [0.05, 0.1) is 9.38 Å². The highest BCUT2D eigenvalue weighted by molar-refractivity contribution is 9.10. The Labute approximate surface area is 196 Å². The third kappa shape index (κ3) is 6.43. The van der Waals surface area contributed by atoms with E-state index < -0.39 is 5.91 Å². The molecule has 1 aliphatic heterocycles. The minimum absolute atomic E-state index is 0.188. The van der Waals surface area contributed by atoms with Crippen LogP contribution in [0.25, 0.3) is 6.08 Å². The summed E-state index contributed by atoms with van der Waals surface area (Å²) in [6.07, 6.45) is 1.66. The van der Waals surface area contributed by atoms with Gasteiger partial charge in [-0.3, -0.25) is 14.4 Å². The van der Waals surface area contributed by atoms with Gasteiger partial charge in [-0.25, -0.2) is 0 Å². The fraction of sp³-hybridized carbons (Fsp3) is 0.143. The number of hydrogen-bond donors (Lipinski definition) is 2. The van der Waals surface area contributed by atoms with Gasteiger partial charge in [-0.1, -0.05) is 23.7 Å². The fourth-order valence-corrected chi connectivity index (χ4v) is 4.05. The first-order valence-electron chi connectivity index (χ1n) is 9.00. The zero-order chi connectivity index (χ0) is 22.5. The first-order chi connectivity index (χ1) is 14.7. The number of aryl methyl sites for hydroxylation is 1. The van der Waals surface area contributed by atoms with Crippen LogP contribution in [0.2, 0.25) is 5.02 Å². The van der Waals surface area contributed by atoms with E-state index in [1.165, 1.54) is 6.92 Å². The lowest BCUT2D eigenvalue weighted by Gasteiger charge is -2.10. The lowest BCUT2D eigenvalue weighted by atomic mass is 10.2. The number of nitrogens with zero attached hydrogens (tertiary/aromatic N) is 1. The molecule has 0 saturated heterocycles. The predicted octanol–water partition coefficient (Wildman–Crippen LogP) is 4.53. The average Bonchev–Trinajstić information content (AvgIpc) is 3.02. The number of amidine groups is 1. The number of carbonyl (C=O) groups excluding carboxylic acids is 3. The fourth-order valence-electron chi connectivity index (χ4n) is 2.50. The Morgan fingerprint density at radius 1 is 1.23 bits per heavy atom. The second-order valence-electron chi connectivity index (χ2n) is 6.50. The van der Waals surface area contributed by atoms with Gasteiger partial charge in [0.25, 0.3) is 11.8 Å². The second-order valence-corrected chi connectivity index (χ2v) is 8.80. The van der Waals surface area contributed by atoms with Gasteiger partial charge < -0.3 is 15.4 Å². The van der Waals surface area contributed by atoms with Crippen LogP contribution >= 0.6 is 39.3 Å². The third-order valence-electron chi connectivity index (χ3n) is 3.97. The molecule has 0 fully saturated rings. The zero-order valence-corrected chi connectivity index (χ0v) is 19.7. The van der Waals surface area contributed by atoms with E-state index in [9.17, 15) is 14.4 Å². The Kier molecular flexibility index (Phi) is 7.53. The summed E-state index contributed by atoms with van der Waals surface area (Å²) in [6, 6.07) is 10.4. The number of nitrogens with one attached hydrogen (secondary N) is 2. The molecule has 3 rings (SSSR count). The van der Waals surface area contributed by atoms with Gasteiger partial charge in [-0.05, 0) is 76.1 Å². The minimum atomic E-state index is -0.418. The van der Waals surface area contributed by atoms with Crippen molar-refractivity contribution in [1.29, 1.82) is 0 Å². The van der Waals surface area contributed by atoms with Crippen LogP contribution in [-0.2, 0) is 14.4 Å². The van der Waals surface area contributed by atoms with Gasteiger partial charge in [0.1, 0.15) is 5.75 Å². The average molecular weight is 523 g/mol. The molecular weight excluding hydrogens is 506 g/mol. The number of amides is 3. The number of benzene rings is 2. The number of aliphatic imine (C=N–C) groups is 1. The van der Waals surface area contributed by atoms with Crippen LogP contribution in [0.3, 0.4) is 0 Å². The molecule has 0 aromatic heterocycles.